The lowest BCUT2D eigenvalue weighted by atomic mass is 10.2. The van der Waals surface area contributed by atoms with Gasteiger partial charge in [-0.2, -0.15) is 5.10 Å². The number of rotatable bonds is 3. The van der Waals surface area contributed by atoms with Crippen molar-refractivity contribution in [2.45, 2.75) is 13.8 Å². The van der Waals surface area contributed by atoms with Crippen LogP contribution in [0.4, 0.5) is 5.82 Å². The summed E-state index contributed by atoms with van der Waals surface area (Å²) in [4.78, 5) is 2.23. The van der Waals surface area contributed by atoms with Crippen molar-refractivity contribution in [2.75, 3.05) is 38.7 Å². The zero-order valence-electron chi connectivity index (χ0n) is 12.4. The van der Waals surface area contributed by atoms with Crippen LogP contribution in [0.1, 0.15) is 12.6 Å². The quantitative estimate of drug-likeness (QED) is 0.856. The Bertz CT molecular complexity index is 603. The maximum Gasteiger partial charge on any atom is 0.156 e. The van der Waals surface area contributed by atoms with Gasteiger partial charge in [-0.25, -0.2) is 0 Å². The van der Waals surface area contributed by atoms with Crippen molar-refractivity contribution in [2.24, 2.45) is 0 Å². The minimum atomic E-state index is 0.756. The van der Waals surface area contributed by atoms with Gasteiger partial charge in [0.25, 0.3) is 0 Å². The molecule has 1 aromatic rings. The smallest absolute Gasteiger partial charge is 0.156 e. The topological polar surface area (TPSA) is 50.3 Å². The predicted molar refractivity (Wildman–Crippen MR) is 81.7 cm³/mol. The monoisotopic (exact) mass is 274 g/mol. The zero-order chi connectivity index (χ0) is 14.5. The van der Waals surface area contributed by atoms with Gasteiger partial charge in [0, 0.05) is 36.3 Å². The number of nitrogens with one attached hydrogen (secondary N) is 1. The number of hydrogen-bond donors (Lipinski definition) is 1. The molecule has 0 unspecified atom stereocenters. The molecule has 1 fully saturated rings. The molecule has 2 rings (SSSR count). The molecule has 5 heteroatoms. The van der Waals surface area contributed by atoms with Gasteiger partial charge in [-0.15, -0.1) is 5.10 Å². The highest BCUT2D eigenvalue weighted by Gasteiger charge is 2.11. The van der Waals surface area contributed by atoms with E-state index in [0.29, 0.717) is 0 Å². The first-order chi connectivity index (χ1) is 9.67. The van der Waals surface area contributed by atoms with Gasteiger partial charge in [-0.3, -0.25) is 0 Å². The van der Waals surface area contributed by atoms with E-state index in [2.05, 4.69) is 39.1 Å². The van der Waals surface area contributed by atoms with E-state index in [9.17, 15) is 0 Å². The number of hydrogen-bond acceptors (Lipinski definition) is 5. The molecule has 20 heavy (non-hydrogen) atoms. The maximum absolute atomic E-state index is 5.37. The molecule has 1 saturated heterocycles. The Morgan fingerprint density at radius 1 is 1.30 bits per heavy atom. The van der Waals surface area contributed by atoms with E-state index >= 15 is 0 Å². The van der Waals surface area contributed by atoms with Crippen molar-refractivity contribution in [3.05, 3.63) is 28.4 Å². The number of allylic oxidation sites excluding steroid dienone is 1. The summed E-state index contributed by atoms with van der Waals surface area (Å²) < 4.78 is 5.37. The minimum Gasteiger partial charge on any atom is -0.378 e. The molecule has 108 valence electrons. The van der Waals surface area contributed by atoms with Crippen molar-refractivity contribution >= 4 is 18.0 Å². The van der Waals surface area contributed by atoms with E-state index in [-0.39, 0.29) is 0 Å². The Kier molecular flexibility index (Phi) is 4.74. The van der Waals surface area contributed by atoms with Crippen LogP contribution in [0, 0.1) is 6.92 Å². The second kappa shape index (κ2) is 6.52. The van der Waals surface area contributed by atoms with Crippen molar-refractivity contribution in [3.8, 4) is 0 Å². The van der Waals surface area contributed by atoms with Gasteiger partial charge in [0.1, 0.15) is 0 Å². The Hall–Kier alpha value is -1.88. The fraction of sp³-hybridized carbons (Fsp3) is 0.467. The molecule has 1 aliphatic rings. The lowest BCUT2D eigenvalue weighted by Crippen LogP contribution is -2.37. The van der Waals surface area contributed by atoms with Crippen LogP contribution in [-0.2, 0) is 4.74 Å². The third-order valence-corrected chi connectivity index (χ3v) is 3.49. The zero-order valence-corrected chi connectivity index (χ0v) is 12.4. The molecule has 1 N–H and O–H groups in total. The summed E-state index contributed by atoms with van der Waals surface area (Å²) in [6.45, 7) is 11.4. The lowest BCUT2D eigenvalue weighted by Gasteiger charge is -2.29. The van der Waals surface area contributed by atoms with Crippen LogP contribution in [0.2, 0.25) is 0 Å². The average molecular weight is 274 g/mol. The first-order valence-electron chi connectivity index (χ1n) is 6.88. The molecule has 0 radical (unpaired) electrons. The molecule has 0 bridgehead atoms. The average Bonchev–Trinajstić information content (AvgIpc) is 2.48. The Labute approximate surface area is 119 Å². The van der Waals surface area contributed by atoms with Gasteiger partial charge in [-0.1, -0.05) is 12.7 Å². The fourth-order valence-electron chi connectivity index (χ4n) is 2.36. The van der Waals surface area contributed by atoms with Crippen LogP contribution in [0.15, 0.2) is 12.3 Å². The van der Waals surface area contributed by atoms with E-state index < -0.39 is 0 Å². The van der Waals surface area contributed by atoms with Crippen molar-refractivity contribution in [3.63, 3.8) is 0 Å². The Morgan fingerprint density at radius 2 is 2.00 bits per heavy atom. The first-order valence-corrected chi connectivity index (χ1v) is 6.88. The molecular weight excluding hydrogens is 252 g/mol. The molecule has 2 heterocycles. The van der Waals surface area contributed by atoms with E-state index in [0.717, 1.165) is 53.9 Å². The molecule has 0 aliphatic carbocycles. The summed E-state index contributed by atoms with van der Waals surface area (Å²) in [5.41, 5.74) is 1.91. The summed E-state index contributed by atoms with van der Waals surface area (Å²) in [6.07, 6.45) is 4.14. The highest BCUT2D eigenvalue weighted by molar-refractivity contribution is 5.53. The number of aryl methyl sites for hydroxylation is 1. The summed E-state index contributed by atoms with van der Waals surface area (Å²) in [5, 5.41) is 13.6. The molecule has 0 spiro atoms. The van der Waals surface area contributed by atoms with Gasteiger partial charge in [0.2, 0.25) is 0 Å². The SMILES string of the molecule is C=C(/C=c1/c(NC)nnc(C)/c1=C/C)N1CCOCC1. The second-order valence-corrected chi connectivity index (χ2v) is 4.74. The number of anilines is 1. The summed E-state index contributed by atoms with van der Waals surface area (Å²) in [5.74, 6) is 0.776. The number of morpholine rings is 1. The Balaban J connectivity index is 2.47. The summed E-state index contributed by atoms with van der Waals surface area (Å²) >= 11 is 0. The van der Waals surface area contributed by atoms with Crippen LogP contribution in [-0.4, -0.2) is 48.4 Å². The molecule has 0 aromatic carbocycles. The van der Waals surface area contributed by atoms with Gasteiger partial charge in [-0.05, 0) is 19.9 Å². The molecular formula is C15H22N4O. The molecule has 1 aliphatic heterocycles. The summed E-state index contributed by atoms with van der Waals surface area (Å²) in [6, 6.07) is 0. The normalized spacial score (nSPS) is 17.4. The highest BCUT2D eigenvalue weighted by atomic mass is 16.5. The molecule has 0 saturated carbocycles. The third-order valence-electron chi connectivity index (χ3n) is 3.49. The maximum atomic E-state index is 5.37. The predicted octanol–water partition coefficient (Wildman–Crippen LogP) is 0.254. The van der Waals surface area contributed by atoms with Crippen molar-refractivity contribution in [1.29, 1.82) is 0 Å². The molecule has 1 aromatic heterocycles. The molecule has 5 nitrogen and oxygen atoms in total. The van der Waals surface area contributed by atoms with Crippen LogP contribution < -0.4 is 15.8 Å². The van der Waals surface area contributed by atoms with Crippen molar-refractivity contribution < 1.29 is 4.74 Å². The Morgan fingerprint density at radius 3 is 2.60 bits per heavy atom. The molecule has 0 amide bonds. The lowest BCUT2D eigenvalue weighted by molar-refractivity contribution is 0.0564. The van der Waals surface area contributed by atoms with E-state index in [1.54, 1.807) is 0 Å². The minimum absolute atomic E-state index is 0.756. The van der Waals surface area contributed by atoms with Crippen LogP contribution in [0.3, 0.4) is 0 Å². The van der Waals surface area contributed by atoms with Crippen molar-refractivity contribution in [1.82, 2.24) is 15.1 Å². The summed E-state index contributed by atoms with van der Waals surface area (Å²) in [7, 11) is 1.85. The third kappa shape index (κ3) is 2.99. The van der Waals surface area contributed by atoms with Gasteiger partial charge in [0.05, 0.1) is 18.9 Å². The second-order valence-electron chi connectivity index (χ2n) is 4.74. The van der Waals surface area contributed by atoms with E-state index in [1.807, 2.05) is 20.9 Å². The van der Waals surface area contributed by atoms with Crippen LogP contribution in [0.5, 0.6) is 0 Å². The van der Waals surface area contributed by atoms with Gasteiger partial charge < -0.3 is 15.0 Å². The fourth-order valence-corrected chi connectivity index (χ4v) is 2.36. The van der Waals surface area contributed by atoms with E-state index in [1.165, 1.54) is 0 Å². The number of nitrogens with zero attached hydrogens (tertiary/aromatic N) is 3. The van der Waals surface area contributed by atoms with Crippen LogP contribution >= 0.6 is 0 Å². The first kappa shape index (κ1) is 14.5. The van der Waals surface area contributed by atoms with E-state index in [4.69, 9.17) is 4.74 Å². The van der Waals surface area contributed by atoms with Gasteiger partial charge in [0.15, 0.2) is 5.82 Å². The number of ether oxygens (including phenoxy) is 1. The molecule has 0 atom stereocenters. The highest BCUT2D eigenvalue weighted by Crippen LogP contribution is 2.06. The van der Waals surface area contributed by atoms with Gasteiger partial charge >= 0.3 is 0 Å². The standard InChI is InChI=1S/C15H22N4O/c1-5-13-12(3)17-18-15(16-4)14(13)10-11(2)19-6-8-20-9-7-19/h5,10H,2,6-9H2,1,3-4H3,(H,16,18)/b13-5-,14-10+. The largest absolute Gasteiger partial charge is 0.378 e. The van der Waals surface area contributed by atoms with Crippen LogP contribution in [0.25, 0.3) is 12.2 Å². The number of aromatic nitrogens is 2.